The number of hydrogen-bond acceptors (Lipinski definition) is 2. The maximum Gasteiger partial charge on any atom is 0.228 e. The fourth-order valence-corrected chi connectivity index (χ4v) is 1.71. The lowest BCUT2D eigenvalue weighted by atomic mass is 10.1. The normalized spacial score (nSPS) is 12.2. The number of anilines is 1. The lowest BCUT2D eigenvalue weighted by molar-refractivity contribution is -0.119. The molecule has 2 N–H and O–H groups in total. The minimum atomic E-state index is -0.0766. The van der Waals surface area contributed by atoms with Gasteiger partial charge in [-0.15, -0.1) is 0 Å². The van der Waals surface area contributed by atoms with Crippen LogP contribution in [0.5, 0.6) is 0 Å². The summed E-state index contributed by atoms with van der Waals surface area (Å²) in [5.74, 6) is -0.0935. The Bertz CT molecular complexity index is 393. The third-order valence-corrected chi connectivity index (χ3v) is 2.84. The molecule has 0 aliphatic heterocycles. The Morgan fingerprint density at radius 2 is 2.18 bits per heavy atom. The molecule has 0 saturated carbocycles. The van der Waals surface area contributed by atoms with E-state index in [0.29, 0.717) is 17.3 Å². The number of carbonyl (C=O) groups is 1. The minimum absolute atomic E-state index is 0.0169. The van der Waals surface area contributed by atoms with Gasteiger partial charge in [0.1, 0.15) is 0 Å². The lowest BCUT2D eigenvalue weighted by Gasteiger charge is -2.13. The highest BCUT2D eigenvalue weighted by Gasteiger charge is 2.13. The summed E-state index contributed by atoms with van der Waals surface area (Å²) in [6.07, 6.45) is 0. The zero-order chi connectivity index (χ0) is 12.8. The van der Waals surface area contributed by atoms with Crippen LogP contribution in [0, 0.1) is 12.8 Å². The summed E-state index contributed by atoms with van der Waals surface area (Å²) >= 11 is 6.05. The molecule has 0 spiro atoms. The standard InChI is InChI=1S/C13H19ClN2O/c1-4-15-8-10(3)13(17)16-12-6-5-9(2)7-11(12)14/h5-7,10,15H,4,8H2,1-3H3,(H,16,17). The highest BCUT2D eigenvalue weighted by Crippen LogP contribution is 2.23. The Hall–Kier alpha value is -1.06. The van der Waals surface area contributed by atoms with Crippen LogP contribution in [0.4, 0.5) is 5.69 Å². The van der Waals surface area contributed by atoms with E-state index in [1.54, 1.807) is 0 Å². The van der Waals surface area contributed by atoms with Crippen LogP contribution in [-0.4, -0.2) is 19.0 Å². The van der Waals surface area contributed by atoms with Gasteiger partial charge in [-0.05, 0) is 31.2 Å². The molecular formula is C13H19ClN2O. The fourth-order valence-electron chi connectivity index (χ4n) is 1.43. The van der Waals surface area contributed by atoms with E-state index in [-0.39, 0.29) is 11.8 Å². The molecule has 1 amide bonds. The molecule has 1 rings (SSSR count). The molecule has 17 heavy (non-hydrogen) atoms. The zero-order valence-corrected chi connectivity index (χ0v) is 11.3. The molecule has 1 aromatic rings. The molecule has 0 aliphatic rings. The quantitative estimate of drug-likeness (QED) is 0.848. The predicted molar refractivity (Wildman–Crippen MR) is 72.5 cm³/mol. The van der Waals surface area contributed by atoms with Gasteiger partial charge in [-0.3, -0.25) is 4.79 Å². The molecule has 0 radical (unpaired) electrons. The van der Waals surface area contributed by atoms with E-state index >= 15 is 0 Å². The van der Waals surface area contributed by atoms with Gasteiger partial charge in [0, 0.05) is 12.5 Å². The number of amides is 1. The SMILES string of the molecule is CCNCC(C)C(=O)Nc1ccc(C)cc1Cl. The van der Waals surface area contributed by atoms with Crippen molar-refractivity contribution < 1.29 is 4.79 Å². The average Bonchev–Trinajstić information content (AvgIpc) is 2.29. The molecule has 1 unspecified atom stereocenters. The number of hydrogen-bond donors (Lipinski definition) is 2. The van der Waals surface area contributed by atoms with Crippen LogP contribution in [0.1, 0.15) is 19.4 Å². The Labute approximate surface area is 108 Å². The van der Waals surface area contributed by atoms with E-state index < -0.39 is 0 Å². The molecule has 0 aliphatic carbocycles. The largest absolute Gasteiger partial charge is 0.324 e. The number of aryl methyl sites for hydroxylation is 1. The van der Waals surface area contributed by atoms with E-state index in [1.807, 2.05) is 39.0 Å². The highest BCUT2D eigenvalue weighted by molar-refractivity contribution is 6.33. The molecule has 0 fully saturated rings. The van der Waals surface area contributed by atoms with Crippen molar-refractivity contribution in [3.63, 3.8) is 0 Å². The van der Waals surface area contributed by atoms with Gasteiger partial charge < -0.3 is 10.6 Å². The van der Waals surface area contributed by atoms with Crippen molar-refractivity contribution in [3.8, 4) is 0 Å². The Kier molecular flexibility index (Phi) is 5.45. The highest BCUT2D eigenvalue weighted by atomic mass is 35.5. The van der Waals surface area contributed by atoms with Crippen LogP contribution >= 0.6 is 11.6 Å². The summed E-state index contributed by atoms with van der Waals surface area (Å²) < 4.78 is 0. The fraction of sp³-hybridized carbons (Fsp3) is 0.462. The summed E-state index contributed by atoms with van der Waals surface area (Å²) in [6, 6.07) is 5.60. The molecule has 3 nitrogen and oxygen atoms in total. The van der Waals surface area contributed by atoms with Gasteiger partial charge in [0.2, 0.25) is 5.91 Å². The van der Waals surface area contributed by atoms with Crippen LogP contribution in [0.2, 0.25) is 5.02 Å². The van der Waals surface area contributed by atoms with Crippen molar-refractivity contribution in [2.75, 3.05) is 18.4 Å². The summed E-state index contributed by atoms with van der Waals surface area (Å²) in [5.41, 5.74) is 1.75. The van der Waals surface area contributed by atoms with Crippen molar-refractivity contribution in [1.29, 1.82) is 0 Å². The zero-order valence-electron chi connectivity index (χ0n) is 10.5. The minimum Gasteiger partial charge on any atom is -0.324 e. The van der Waals surface area contributed by atoms with E-state index in [4.69, 9.17) is 11.6 Å². The Morgan fingerprint density at radius 3 is 2.76 bits per heavy atom. The van der Waals surface area contributed by atoms with Gasteiger partial charge in [0.15, 0.2) is 0 Å². The maximum absolute atomic E-state index is 11.8. The van der Waals surface area contributed by atoms with Crippen molar-refractivity contribution in [2.45, 2.75) is 20.8 Å². The number of carbonyl (C=O) groups excluding carboxylic acids is 1. The topological polar surface area (TPSA) is 41.1 Å². The molecule has 1 atom stereocenters. The van der Waals surface area contributed by atoms with E-state index in [9.17, 15) is 4.79 Å². The molecular weight excluding hydrogens is 236 g/mol. The number of nitrogens with one attached hydrogen (secondary N) is 2. The lowest BCUT2D eigenvalue weighted by Crippen LogP contribution is -2.30. The Balaban J connectivity index is 2.61. The number of halogens is 1. The van der Waals surface area contributed by atoms with Gasteiger partial charge >= 0.3 is 0 Å². The Morgan fingerprint density at radius 1 is 1.47 bits per heavy atom. The molecule has 4 heteroatoms. The summed E-state index contributed by atoms with van der Waals surface area (Å²) in [5, 5.41) is 6.56. The van der Waals surface area contributed by atoms with E-state index in [0.717, 1.165) is 12.1 Å². The third kappa shape index (κ3) is 4.36. The molecule has 0 heterocycles. The third-order valence-electron chi connectivity index (χ3n) is 2.53. The molecule has 0 aromatic heterocycles. The van der Waals surface area contributed by atoms with Crippen LogP contribution < -0.4 is 10.6 Å². The van der Waals surface area contributed by atoms with Crippen LogP contribution in [0.25, 0.3) is 0 Å². The van der Waals surface area contributed by atoms with E-state index in [1.165, 1.54) is 0 Å². The monoisotopic (exact) mass is 254 g/mol. The smallest absolute Gasteiger partial charge is 0.228 e. The first kappa shape index (κ1) is 14.0. The second kappa shape index (κ2) is 6.62. The second-order valence-electron chi connectivity index (χ2n) is 4.18. The van der Waals surface area contributed by atoms with Gasteiger partial charge in [0.25, 0.3) is 0 Å². The van der Waals surface area contributed by atoms with Crippen molar-refractivity contribution >= 4 is 23.2 Å². The second-order valence-corrected chi connectivity index (χ2v) is 4.59. The van der Waals surface area contributed by atoms with Gasteiger partial charge in [-0.1, -0.05) is 31.5 Å². The van der Waals surface area contributed by atoms with Crippen LogP contribution in [0.15, 0.2) is 18.2 Å². The van der Waals surface area contributed by atoms with Gasteiger partial charge in [0.05, 0.1) is 10.7 Å². The first-order valence-corrected chi connectivity index (χ1v) is 6.20. The first-order valence-electron chi connectivity index (χ1n) is 5.82. The van der Waals surface area contributed by atoms with Crippen LogP contribution in [0.3, 0.4) is 0 Å². The van der Waals surface area contributed by atoms with Crippen molar-refractivity contribution in [1.82, 2.24) is 5.32 Å². The van der Waals surface area contributed by atoms with E-state index in [2.05, 4.69) is 10.6 Å². The van der Waals surface area contributed by atoms with Crippen molar-refractivity contribution in [2.24, 2.45) is 5.92 Å². The van der Waals surface area contributed by atoms with Gasteiger partial charge in [-0.2, -0.15) is 0 Å². The molecule has 94 valence electrons. The summed E-state index contributed by atoms with van der Waals surface area (Å²) in [4.78, 5) is 11.8. The average molecular weight is 255 g/mol. The van der Waals surface area contributed by atoms with Crippen molar-refractivity contribution in [3.05, 3.63) is 28.8 Å². The number of rotatable bonds is 5. The molecule has 0 bridgehead atoms. The summed E-state index contributed by atoms with van der Waals surface area (Å²) in [7, 11) is 0. The number of benzene rings is 1. The molecule has 1 aromatic carbocycles. The molecule has 0 saturated heterocycles. The predicted octanol–water partition coefficient (Wildman–Crippen LogP) is 2.83. The first-order chi connectivity index (χ1) is 8.04. The summed E-state index contributed by atoms with van der Waals surface area (Å²) in [6.45, 7) is 7.40. The van der Waals surface area contributed by atoms with Gasteiger partial charge in [-0.25, -0.2) is 0 Å². The maximum atomic E-state index is 11.8. The van der Waals surface area contributed by atoms with Crippen LogP contribution in [-0.2, 0) is 4.79 Å².